The Bertz CT molecular complexity index is 4620. The molecule has 0 N–H and O–H groups in total. The summed E-state index contributed by atoms with van der Waals surface area (Å²) in [6.07, 6.45) is 0. The van der Waals surface area contributed by atoms with Gasteiger partial charge in [-0.25, -0.2) is 0 Å². The molecule has 15 rings (SSSR count). The molecule has 0 bridgehead atoms. The lowest BCUT2D eigenvalue weighted by atomic mass is 9.85. The Labute approximate surface area is 387 Å². The van der Waals surface area contributed by atoms with Gasteiger partial charge in [0, 0.05) is 65.1 Å². The van der Waals surface area contributed by atoms with Crippen LogP contribution in [0.15, 0.2) is 176 Å². The number of hydrogen-bond donors (Lipinski definition) is 0. The number of benzene rings is 10. The molecule has 5 aromatic heterocycles. The van der Waals surface area contributed by atoms with Crippen molar-refractivity contribution in [2.75, 3.05) is 0 Å². The van der Waals surface area contributed by atoms with Crippen LogP contribution >= 0.6 is 0 Å². The van der Waals surface area contributed by atoms with Crippen molar-refractivity contribution in [3.05, 3.63) is 187 Å². The standard InChI is InChI=1S/C64H47N3/c1-63(2,3)39-25-27-53-48(33-39)57-43-21-13-11-17-37(43)31-49-58-54(66(53)62(49)57)28-29-55-59(58)50-35-40(64(4,5)6)34-47-46-30-36-16-10-12-20-42(36)56(61(46)67(55)60(47)50)38-24-26-52-45(32-38)44-22-14-15-23-51(44)65(52)41-18-8-7-9-19-41/h7-35H,1-6H3. The average molecular weight is 858 g/mol. The predicted molar refractivity (Wildman–Crippen MR) is 288 cm³/mol. The summed E-state index contributed by atoms with van der Waals surface area (Å²) in [5.41, 5.74) is 16.5. The van der Waals surface area contributed by atoms with Crippen molar-refractivity contribution in [1.29, 1.82) is 0 Å². The lowest BCUT2D eigenvalue weighted by molar-refractivity contribution is 0.591. The van der Waals surface area contributed by atoms with Crippen molar-refractivity contribution in [2.45, 2.75) is 52.4 Å². The second-order valence-electron chi connectivity index (χ2n) is 21.3. The van der Waals surface area contributed by atoms with E-state index in [4.69, 9.17) is 0 Å². The van der Waals surface area contributed by atoms with Gasteiger partial charge in [-0.2, -0.15) is 0 Å². The molecule has 10 aromatic carbocycles. The van der Waals surface area contributed by atoms with Gasteiger partial charge in [-0.1, -0.05) is 139 Å². The number of hydrogen-bond acceptors (Lipinski definition) is 0. The lowest BCUT2D eigenvalue weighted by Gasteiger charge is -2.19. The van der Waals surface area contributed by atoms with Gasteiger partial charge in [0.25, 0.3) is 0 Å². The number of nitrogens with zero attached hydrogens (tertiary/aromatic N) is 3. The van der Waals surface area contributed by atoms with Crippen LogP contribution in [-0.4, -0.2) is 13.4 Å². The second-order valence-corrected chi connectivity index (χ2v) is 21.3. The normalized spacial score (nSPS) is 13.2. The Hall–Kier alpha value is -7.88. The third-order valence-corrected chi connectivity index (χ3v) is 15.5. The van der Waals surface area contributed by atoms with E-state index < -0.39 is 0 Å². The van der Waals surface area contributed by atoms with Crippen LogP contribution in [0.1, 0.15) is 52.7 Å². The topological polar surface area (TPSA) is 13.8 Å². The van der Waals surface area contributed by atoms with E-state index in [2.05, 4.69) is 231 Å². The van der Waals surface area contributed by atoms with E-state index in [0.29, 0.717) is 0 Å². The molecule has 0 aliphatic carbocycles. The molecule has 3 heteroatoms. The van der Waals surface area contributed by atoms with Gasteiger partial charge in [0.05, 0.1) is 44.1 Å². The molecular formula is C64H47N3. The molecule has 0 radical (unpaired) electrons. The molecule has 318 valence electrons. The van der Waals surface area contributed by atoms with Crippen molar-refractivity contribution in [2.24, 2.45) is 0 Å². The molecule has 3 nitrogen and oxygen atoms in total. The monoisotopic (exact) mass is 857 g/mol. The molecule has 0 amide bonds. The molecular weight excluding hydrogens is 811 g/mol. The van der Waals surface area contributed by atoms with Crippen molar-refractivity contribution >= 4 is 120 Å². The molecule has 0 aliphatic heterocycles. The first-order chi connectivity index (χ1) is 32.5. The molecule has 0 atom stereocenters. The summed E-state index contributed by atoms with van der Waals surface area (Å²) in [5, 5.41) is 18.3. The summed E-state index contributed by atoms with van der Waals surface area (Å²) in [5.74, 6) is 0. The Morgan fingerprint density at radius 2 is 0.866 bits per heavy atom. The highest BCUT2D eigenvalue weighted by Crippen LogP contribution is 2.52. The number of para-hydroxylation sites is 2. The first-order valence-electron chi connectivity index (χ1n) is 23.9. The molecule has 5 heterocycles. The summed E-state index contributed by atoms with van der Waals surface area (Å²) in [6.45, 7) is 14.1. The molecule has 0 unspecified atom stereocenters. The fraction of sp³-hybridized carbons (Fsp3) is 0.125. The van der Waals surface area contributed by atoms with Crippen molar-refractivity contribution in [3.63, 3.8) is 0 Å². The van der Waals surface area contributed by atoms with Crippen LogP contribution in [0.2, 0.25) is 0 Å². The van der Waals surface area contributed by atoms with Gasteiger partial charge in [0.15, 0.2) is 0 Å². The maximum atomic E-state index is 2.65. The van der Waals surface area contributed by atoms with E-state index in [9.17, 15) is 0 Å². The zero-order valence-electron chi connectivity index (χ0n) is 38.6. The SMILES string of the molecule is CC(C)(C)c1ccc2c(c1)c1c3ccccc3cc3c4c5c6cc(C(C)(C)C)cc7c8cc9ccccc9c(-c9ccc%10c(c9)c9ccccc9n%10-c9ccccc9)c8n(c5ccc4n2c31)c76. The molecule has 0 spiro atoms. The van der Waals surface area contributed by atoms with Crippen molar-refractivity contribution in [1.82, 2.24) is 13.4 Å². The minimum absolute atomic E-state index is 0.0372. The lowest BCUT2D eigenvalue weighted by Crippen LogP contribution is -2.10. The highest BCUT2D eigenvalue weighted by atomic mass is 15.0. The van der Waals surface area contributed by atoms with Crippen LogP contribution in [0, 0.1) is 0 Å². The summed E-state index contributed by atoms with van der Waals surface area (Å²) >= 11 is 0. The second kappa shape index (κ2) is 12.5. The zero-order valence-corrected chi connectivity index (χ0v) is 38.6. The third kappa shape index (κ3) is 4.76. The largest absolute Gasteiger partial charge is 0.309 e. The smallest absolute Gasteiger partial charge is 0.0627 e. The highest BCUT2D eigenvalue weighted by Gasteiger charge is 2.29. The zero-order chi connectivity index (χ0) is 44.8. The molecule has 0 saturated heterocycles. The minimum Gasteiger partial charge on any atom is -0.309 e. The molecule has 0 fully saturated rings. The summed E-state index contributed by atoms with van der Waals surface area (Å²) in [6, 6.07) is 67.0. The van der Waals surface area contributed by atoms with Crippen LogP contribution in [0.3, 0.4) is 0 Å². The van der Waals surface area contributed by atoms with Crippen LogP contribution in [0.4, 0.5) is 0 Å². The number of fused-ring (bicyclic) bond motifs is 19. The fourth-order valence-electron chi connectivity index (χ4n) is 12.4. The van der Waals surface area contributed by atoms with Gasteiger partial charge in [-0.05, 0) is 128 Å². The van der Waals surface area contributed by atoms with Gasteiger partial charge in [0.2, 0.25) is 0 Å². The van der Waals surface area contributed by atoms with Gasteiger partial charge in [-0.15, -0.1) is 0 Å². The molecule has 67 heavy (non-hydrogen) atoms. The number of rotatable bonds is 2. The van der Waals surface area contributed by atoms with E-state index in [1.165, 1.54) is 147 Å². The molecule has 15 aromatic rings. The van der Waals surface area contributed by atoms with Gasteiger partial charge in [0.1, 0.15) is 0 Å². The minimum atomic E-state index is -0.0695. The van der Waals surface area contributed by atoms with E-state index in [0.717, 1.165) is 0 Å². The quantitative estimate of drug-likeness (QED) is 0.164. The molecule has 0 aliphatic rings. The summed E-state index contributed by atoms with van der Waals surface area (Å²) in [4.78, 5) is 0. The van der Waals surface area contributed by atoms with Gasteiger partial charge >= 0.3 is 0 Å². The molecule has 0 saturated carbocycles. The van der Waals surface area contributed by atoms with Crippen LogP contribution in [0.5, 0.6) is 0 Å². The first kappa shape index (κ1) is 37.4. The summed E-state index contributed by atoms with van der Waals surface area (Å²) < 4.78 is 7.66. The van der Waals surface area contributed by atoms with Gasteiger partial charge < -0.3 is 13.4 Å². The Kier molecular flexibility index (Phi) is 6.97. The van der Waals surface area contributed by atoms with Crippen LogP contribution in [-0.2, 0) is 10.8 Å². The van der Waals surface area contributed by atoms with Crippen molar-refractivity contribution < 1.29 is 0 Å². The van der Waals surface area contributed by atoms with E-state index in [1.54, 1.807) is 0 Å². The van der Waals surface area contributed by atoms with E-state index in [-0.39, 0.29) is 10.8 Å². The first-order valence-corrected chi connectivity index (χ1v) is 23.9. The van der Waals surface area contributed by atoms with Crippen molar-refractivity contribution in [3.8, 4) is 16.8 Å². The average Bonchev–Trinajstić information content (AvgIpc) is 4.12. The number of aromatic nitrogens is 3. The Morgan fingerprint density at radius 3 is 1.63 bits per heavy atom. The Morgan fingerprint density at radius 1 is 0.313 bits per heavy atom. The van der Waals surface area contributed by atoms with Gasteiger partial charge in [-0.3, -0.25) is 0 Å². The maximum Gasteiger partial charge on any atom is 0.0627 e. The highest BCUT2D eigenvalue weighted by molar-refractivity contribution is 6.39. The summed E-state index contributed by atoms with van der Waals surface area (Å²) in [7, 11) is 0. The predicted octanol–water partition coefficient (Wildman–Crippen LogP) is 17.7. The Balaban J connectivity index is 1.14. The van der Waals surface area contributed by atoms with E-state index in [1.807, 2.05) is 0 Å². The maximum absolute atomic E-state index is 2.65. The van der Waals surface area contributed by atoms with Crippen LogP contribution in [0.25, 0.3) is 136 Å². The van der Waals surface area contributed by atoms with E-state index >= 15 is 0 Å². The van der Waals surface area contributed by atoms with Crippen LogP contribution < -0.4 is 0 Å². The fourth-order valence-corrected chi connectivity index (χ4v) is 12.4. The third-order valence-electron chi connectivity index (χ3n) is 15.5.